The summed E-state index contributed by atoms with van der Waals surface area (Å²) in [4.78, 5) is 22.0. The Morgan fingerprint density at radius 1 is 1.44 bits per heavy atom. The minimum absolute atomic E-state index is 0.0482. The van der Waals surface area contributed by atoms with Crippen molar-refractivity contribution in [3.05, 3.63) is 12.2 Å². The van der Waals surface area contributed by atoms with E-state index in [1.165, 1.54) is 0 Å². The fourth-order valence-corrected chi connectivity index (χ4v) is 2.41. The minimum Gasteiger partial charge on any atom is -0.481 e. The molecule has 0 spiro atoms. The van der Waals surface area contributed by atoms with Crippen LogP contribution in [-0.2, 0) is 14.3 Å². The standard InChI is InChI=1S/C11H14O5/c12-8-6-11(3-1-7(8)5-11)10(15)16-4-2-9(13)14/h1,3,7-8,12H,2,4-6H2,(H,13,14). The van der Waals surface area contributed by atoms with Crippen molar-refractivity contribution < 1.29 is 24.5 Å². The number of carboxylic acids is 1. The summed E-state index contributed by atoms with van der Waals surface area (Å²) in [6.45, 7) is -0.107. The molecule has 88 valence electrons. The molecule has 0 heterocycles. The average Bonchev–Trinajstić information content (AvgIpc) is 2.75. The van der Waals surface area contributed by atoms with Gasteiger partial charge in [-0.1, -0.05) is 12.2 Å². The van der Waals surface area contributed by atoms with Gasteiger partial charge in [0.2, 0.25) is 0 Å². The van der Waals surface area contributed by atoms with Gasteiger partial charge in [0.25, 0.3) is 0 Å². The lowest BCUT2D eigenvalue weighted by molar-refractivity contribution is -0.154. The second-order valence-electron chi connectivity index (χ2n) is 4.43. The first-order valence-corrected chi connectivity index (χ1v) is 5.30. The monoisotopic (exact) mass is 226 g/mol. The van der Waals surface area contributed by atoms with Gasteiger partial charge >= 0.3 is 11.9 Å². The minimum atomic E-state index is -0.989. The number of esters is 1. The molecule has 3 unspecified atom stereocenters. The Kier molecular flexibility index (Phi) is 2.71. The maximum absolute atomic E-state index is 11.8. The van der Waals surface area contributed by atoms with Crippen LogP contribution in [0.5, 0.6) is 0 Å². The number of hydrogen-bond acceptors (Lipinski definition) is 4. The van der Waals surface area contributed by atoms with Crippen molar-refractivity contribution in [3.63, 3.8) is 0 Å². The molecule has 2 N–H and O–H groups in total. The van der Waals surface area contributed by atoms with E-state index in [-0.39, 0.29) is 18.9 Å². The third kappa shape index (κ3) is 1.82. The highest BCUT2D eigenvalue weighted by Crippen LogP contribution is 2.49. The van der Waals surface area contributed by atoms with Crippen molar-refractivity contribution in [2.75, 3.05) is 6.61 Å². The number of carboxylic acid groups (broad SMARTS) is 1. The number of carbonyl (C=O) groups is 2. The van der Waals surface area contributed by atoms with E-state index in [0.717, 1.165) is 0 Å². The molecule has 2 bridgehead atoms. The zero-order valence-electron chi connectivity index (χ0n) is 8.76. The third-order valence-electron chi connectivity index (χ3n) is 3.29. The van der Waals surface area contributed by atoms with Crippen LogP contribution in [0.25, 0.3) is 0 Å². The summed E-state index contributed by atoms with van der Waals surface area (Å²) in [5.41, 5.74) is -0.706. The Balaban J connectivity index is 1.91. The van der Waals surface area contributed by atoms with Gasteiger partial charge in [0.1, 0.15) is 6.61 Å². The maximum Gasteiger partial charge on any atom is 0.316 e. The van der Waals surface area contributed by atoms with E-state index in [4.69, 9.17) is 9.84 Å². The van der Waals surface area contributed by atoms with Gasteiger partial charge in [-0.25, -0.2) is 0 Å². The van der Waals surface area contributed by atoms with Crippen molar-refractivity contribution in [2.45, 2.75) is 25.4 Å². The molecule has 2 aliphatic carbocycles. The van der Waals surface area contributed by atoms with E-state index in [1.54, 1.807) is 6.08 Å². The predicted octanol–water partition coefficient (Wildman–Crippen LogP) is 0.331. The van der Waals surface area contributed by atoms with Crippen molar-refractivity contribution in [1.29, 1.82) is 0 Å². The molecule has 0 aliphatic heterocycles. The zero-order valence-corrected chi connectivity index (χ0v) is 8.76. The fraction of sp³-hybridized carbons (Fsp3) is 0.636. The largest absolute Gasteiger partial charge is 0.481 e. The lowest BCUT2D eigenvalue weighted by Gasteiger charge is -2.21. The highest BCUT2D eigenvalue weighted by atomic mass is 16.5. The van der Waals surface area contributed by atoms with Gasteiger partial charge in [-0.15, -0.1) is 0 Å². The predicted molar refractivity (Wildman–Crippen MR) is 53.5 cm³/mol. The van der Waals surface area contributed by atoms with Crippen LogP contribution in [0, 0.1) is 11.3 Å². The van der Waals surface area contributed by atoms with Crippen LogP contribution in [-0.4, -0.2) is 34.9 Å². The molecule has 16 heavy (non-hydrogen) atoms. The van der Waals surface area contributed by atoms with Crippen LogP contribution in [0.2, 0.25) is 0 Å². The van der Waals surface area contributed by atoms with Crippen molar-refractivity contribution >= 4 is 11.9 Å². The molecule has 0 radical (unpaired) electrons. The summed E-state index contributed by atoms with van der Waals surface area (Å²) in [5.74, 6) is -1.35. The molecule has 1 fully saturated rings. The number of fused-ring (bicyclic) bond motifs is 2. The molecule has 3 atom stereocenters. The third-order valence-corrected chi connectivity index (χ3v) is 3.29. The number of carbonyl (C=O) groups excluding carboxylic acids is 1. The number of aliphatic carboxylic acids is 1. The molecule has 5 nitrogen and oxygen atoms in total. The van der Waals surface area contributed by atoms with Crippen LogP contribution in [0.15, 0.2) is 12.2 Å². The Hall–Kier alpha value is -1.36. The molecule has 2 rings (SSSR count). The lowest BCUT2D eigenvalue weighted by atomic mass is 9.87. The van der Waals surface area contributed by atoms with Gasteiger partial charge in [-0.3, -0.25) is 9.59 Å². The number of rotatable bonds is 4. The topological polar surface area (TPSA) is 83.8 Å². The number of hydrogen-bond donors (Lipinski definition) is 2. The Bertz CT molecular complexity index is 348. The van der Waals surface area contributed by atoms with E-state index >= 15 is 0 Å². The maximum atomic E-state index is 11.8. The van der Waals surface area contributed by atoms with Gasteiger partial charge in [0.05, 0.1) is 17.9 Å². The summed E-state index contributed by atoms with van der Waals surface area (Å²) >= 11 is 0. The number of ether oxygens (including phenoxy) is 1. The van der Waals surface area contributed by atoms with E-state index in [2.05, 4.69) is 0 Å². The highest BCUT2D eigenvalue weighted by Gasteiger charge is 2.52. The summed E-state index contributed by atoms with van der Waals surface area (Å²) < 4.78 is 4.92. The normalized spacial score (nSPS) is 35.3. The average molecular weight is 226 g/mol. The summed E-state index contributed by atoms with van der Waals surface area (Å²) in [7, 11) is 0. The Morgan fingerprint density at radius 3 is 2.69 bits per heavy atom. The molecule has 0 aromatic carbocycles. The van der Waals surface area contributed by atoms with Crippen LogP contribution in [0.4, 0.5) is 0 Å². The quantitative estimate of drug-likeness (QED) is 0.533. The highest BCUT2D eigenvalue weighted by molar-refractivity contribution is 5.81. The molecule has 0 aromatic rings. The summed E-state index contributed by atoms with van der Waals surface area (Å²) in [6.07, 6.45) is 3.94. The molecule has 0 saturated heterocycles. The van der Waals surface area contributed by atoms with Crippen molar-refractivity contribution in [2.24, 2.45) is 11.3 Å². The van der Waals surface area contributed by atoms with Crippen LogP contribution < -0.4 is 0 Å². The van der Waals surface area contributed by atoms with E-state index < -0.39 is 23.5 Å². The Labute approximate surface area is 92.7 Å². The van der Waals surface area contributed by atoms with Gasteiger partial charge in [-0.2, -0.15) is 0 Å². The Morgan fingerprint density at radius 2 is 2.19 bits per heavy atom. The molecule has 0 aromatic heterocycles. The first-order chi connectivity index (χ1) is 7.53. The van der Waals surface area contributed by atoms with Gasteiger partial charge < -0.3 is 14.9 Å². The van der Waals surface area contributed by atoms with E-state index in [9.17, 15) is 14.7 Å². The van der Waals surface area contributed by atoms with E-state index in [1.807, 2.05) is 6.08 Å². The van der Waals surface area contributed by atoms with Crippen LogP contribution in [0.3, 0.4) is 0 Å². The summed E-state index contributed by atoms with van der Waals surface area (Å²) in [6, 6.07) is 0. The molecule has 2 aliphatic rings. The van der Waals surface area contributed by atoms with Gasteiger partial charge in [0.15, 0.2) is 0 Å². The lowest BCUT2D eigenvalue weighted by Crippen LogP contribution is -2.29. The first kappa shape index (κ1) is 11.1. The summed E-state index contributed by atoms with van der Waals surface area (Å²) in [5, 5.41) is 18.0. The second-order valence-corrected chi connectivity index (χ2v) is 4.43. The van der Waals surface area contributed by atoms with Crippen LogP contribution >= 0.6 is 0 Å². The fourth-order valence-electron chi connectivity index (χ4n) is 2.41. The smallest absolute Gasteiger partial charge is 0.316 e. The van der Waals surface area contributed by atoms with Crippen molar-refractivity contribution in [3.8, 4) is 0 Å². The number of aliphatic hydroxyl groups is 1. The zero-order chi connectivity index (χ0) is 11.8. The molecular weight excluding hydrogens is 212 g/mol. The van der Waals surface area contributed by atoms with Crippen molar-refractivity contribution in [1.82, 2.24) is 0 Å². The second kappa shape index (κ2) is 3.90. The SMILES string of the molecule is O=C(O)CCOC(=O)C12C=CC(C1)C(O)C2. The first-order valence-electron chi connectivity index (χ1n) is 5.30. The molecule has 1 saturated carbocycles. The van der Waals surface area contributed by atoms with E-state index in [0.29, 0.717) is 12.8 Å². The van der Waals surface area contributed by atoms with Gasteiger partial charge in [-0.05, 0) is 12.8 Å². The molecule has 5 heteroatoms. The molecular formula is C11H14O5. The van der Waals surface area contributed by atoms with Gasteiger partial charge in [0, 0.05) is 5.92 Å². The number of aliphatic hydroxyl groups excluding tert-OH is 1. The molecule has 0 amide bonds. The van der Waals surface area contributed by atoms with Crippen LogP contribution in [0.1, 0.15) is 19.3 Å².